The maximum absolute atomic E-state index is 13.4. The summed E-state index contributed by atoms with van der Waals surface area (Å²) in [7, 11) is 0. The molecule has 0 spiro atoms. The van der Waals surface area contributed by atoms with Gasteiger partial charge < -0.3 is 5.32 Å². The normalized spacial score (nSPS) is 11.5. The van der Waals surface area contributed by atoms with Gasteiger partial charge in [0.2, 0.25) is 5.91 Å². The summed E-state index contributed by atoms with van der Waals surface area (Å²) in [6, 6.07) is 17.2. The number of aromatic nitrogens is 2. The molecule has 0 bridgehead atoms. The lowest BCUT2D eigenvalue weighted by Gasteiger charge is -2.15. The smallest absolute Gasteiger partial charge is 0.325 e. The lowest BCUT2D eigenvalue weighted by molar-refractivity contribution is -0.137. The molecule has 0 fully saturated rings. The second-order valence-corrected chi connectivity index (χ2v) is 9.40. The van der Waals surface area contributed by atoms with E-state index in [1.165, 1.54) is 12.3 Å². The van der Waals surface area contributed by atoms with Gasteiger partial charge in [0, 0.05) is 16.9 Å². The van der Waals surface area contributed by atoms with Crippen LogP contribution in [0.1, 0.15) is 11.1 Å². The number of hydrogen-bond acceptors (Lipinski definition) is 3. The second kappa shape index (κ2) is 10.4. The molecule has 1 amide bonds. The van der Waals surface area contributed by atoms with Crippen LogP contribution in [0.2, 0.25) is 10.0 Å². The lowest BCUT2D eigenvalue weighted by atomic mass is 10.1. The van der Waals surface area contributed by atoms with E-state index in [4.69, 9.17) is 23.2 Å². The monoisotopic (exact) mass is 535 g/mol. The van der Waals surface area contributed by atoms with Gasteiger partial charge in [0.15, 0.2) is 5.16 Å². The first-order chi connectivity index (χ1) is 16.6. The molecule has 3 aromatic carbocycles. The highest BCUT2D eigenvalue weighted by atomic mass is 35.5. The van der Waals surface area contributed by atoms with E-state index in [1.807, 2.05) is 19.1 Å². The number of nitrogens with one attached hydrogen (secondary N) is 1. The number of amides is 1. The van der Waals surface area contributed by atoms with Crippen molar-refractivity contribution in [3.8, 4) is 16.9 Å². The summed E-state index contributed by atoms with van der Waals surface area (Å²) in [4.78, 5) is 16.9. The zero-order chi connectivity index (χ0) is 25.2. The molecule has 4 aromatic rings. The molecule has 0 aliphatic heterocycles. The van der Waals surface area contributed by atoms with Crippen molar-refractivity contribution in [2.45, 2.75) is 18.3 Å². The molecule has 0 radical (unpaired) electrons. The van der Waals surface area contributed by atoms with Gasteiger partial charge in [-0.3, -0.25) is 9.36 Å². The first-order valence-electron chi connectivity index (χ1n) is 10.3. The van der Waals surface area contributed by atoms with Crippen LogP contribution >= 0.6 is 35.0 Å². The van der Waals surface area contributed by atoms with E-state index < -0.39 is 11.7 Å². The Morgan fingerprint density at radius 1 is 1.03 bits per heavy atom. The van der Waals surface area contributed by atoms with Crippen LogP contribution in [0.25, 0.3) is 16.9 Å². The first kappa shape index (κ1) is 25.2. The summed E-state index contributed by atoms with van der Waals surface area (Å²) in [5.74, 6) is -0.265. The zero-order valence-corrected chi connectivity index (χ0v) is 20.6. The molecule has 0 saturated carbocycles. The average Bonchev–Trinajstić information content (AvgIpc) is 3.24. The predicted molar refractivity (Wildman–Crippen MR) is 135 cm³/mol. The number of imidazole rings is 1. The van der Waals surface area contributed by atoms with E-state index in [-0.39, 0.29) is 17.3 Å². The van der Waals surface area contributed by atoms with Gasteiger partial charge in [0.25, 0.3) is 0 Å². The molecular formula is C25H18Cl2F3N3OS. The Morgan fingerprint density at radius 3 is 2.46 bits per heavy atom. The van der Waals surface area contributed by atoms with Gasteiger partial charge in [0.05, 0.1) is 33.3 Å². The van der Waals surface area contributed by atoms with E-state index in [1.54, 1.807) is 41.0 Å². The number of aryl methyl sites for hydroxylation is 1. The van der Waals surface area contributed by atoms with Crippen molar-refractivity contribution in [3.05, 3.63) is 94.1 Å². The van der Waals surface area contributed by atoms with Gasteiger partial charge in [0.1, 0.15) is 0 Å². The van der Waals surface area contributed by atoms with E-state index >= 15 is 0 Å². The molecule has 1 heterocycles. The topological polar surface area (TPSA) is 46.9 Å². The van der Waals surface area contributed by atoms with Crippen LogP contribution in [-0.2, 0) is 11.0 Å². The summed E-state index contributed by atoms with van der Waals surface area (Å²) in [5.41, 5.74) is 2.29. The standard InChI is InChI=1S/C25H18Cl2F3N3OS/c1-15-5-8-18(9-6-15)32-23(34)14-35-24-31-13-22(16-7-10-20(26)21(27)11-16)33(24)19-4-2-3-17(12-19)25(28,29)30/h2-13H,14H2,1H3,(H,32,34). The molecule has 0 aliphatic carbocycles. The Labute approximate surface area is 214 Å². The van der Waals surface area contributed by atoms with Crippen molar-refractivity contribution >= 4 is 46.6 Å². The third-order valence-corrected chi connectivity index (χ3v) is 6.74. The molecule has 0 aliphatic rings. The summed E-state index contributed by atoms with van der Waals surface area (Å²) in [5, 5.41) is 3.80. The molecule has 0 unspecified atom stereocenters. The number of nitrogens with zero attached hydrogens (tertiary/aromatic N) is 2. The van der Waals surface area contributed by atoms with Gasteiger partial charge in [-0.05, 0) is 49.4 Å². The van der Waals surface area contributed by atoms with E-state index in [2.05, 4.69) is 10.3 Å². The molecule has 4 rings (SSSR count). The fourth-order valence-electron chi connectivity index (χ4n) is 3.33. The molecule has 4 nitrogen and oxygen atoms in total. The van der Waals surface area contributed by atoms with Crippen LogP contribution in [-0.4, -0.2) is 21.2 Å². The summed E-state index contributed by atoms with van der Waals surface area (Å²) < 4.78 is 41.8. The molecule has 1 aromatic heterocycles. The van der Waals surface area contributed by atoms with Gasteiger partial charge in [-0.2, -0.15) is 13.2 Å². The van der Waals surface area contributed by atoms with Crippen LogP contribution in [0.3, 0.4) is 0 Å². The number of carbonyl (C=O) groups is 1. The van der Waals surface area contributed by atoms with Crippen LogP contribution in [0.5, 0.6) is 0 Å². The van der Waals surface area contributed by atoms with Crippen LogP contribution in [0, 0.1) is 6.92 Å². The molecule has 0 atom stereocenters. The highest BCUT2D eigenvalue weighted by Crippen LogP contribution is 2.35. The van der Waals surface area contributed by atoms with Crippen molar-refractivity contribution in [2.75, 3.05) is 11.1 Å². The van der Waals surface area contributed by atoms with Gasteiger partial charge in [-0.1, -0.05) is 64.8 Å². The number of anilines is 1. The molecular weight excluding hydrogens is 518 g/mol. The van der Waals surface area contributed by atoms with Crippen molar-refractivity contribution in [1.29, 1.82) is 0 Å². The number of rotatable bonds is 6. The van der Waals surface area contributed by atoms with Gasteiger partial charge in [-0.15, -0.1) is 0 Å². The highest BCUT2D eigenvalue weighted by Gasteiger charge is 2.31. The van der Waals surface area contributed by atoms with E-state index in [0.29, 0.717) is 32.1 Å². The van der Waals surface area contributed by atoms with Crippen LogP contribution in [0.15, 0.2) is 78.1 Å². The maximum atomic E-state index is 13.4. The summed E-state index contributed by atoms with van der Waals surface area (Å²) in [6.45, 7) is 1.94. The Balaban J connectivity index is 1.68. The third-order valence-electron chi connectivity index (χ3n) is 5.04. The van der Waals surface area contributed by atoms with Crippen molar-refractivity contribution in [1.82, 2.24) is 9.55 Å². The minimum absolute atomic E-state index is 0.00463. The van der Waals surface area contributed by atoms with Gasteiger partial charge >= 0.3 is 6.18 Å². The third kappa shape index (κ3) is 6.01. The average molecular weight is 536 g/mol. The largest absolute Gasteiger partial charge is 0.416 e. The number of benzene rings is 3. The minimum Gasteiger partial charge on any atom is -0.325 e. The number of thioether (sulfide) groups is 1. The number of alkyl halides is 3. The van der Waals surface area contributed by atoms with Crippen molar-refractivity contribution < 1.29 is 18.0 Å². The molecule has 35 heavy (non-hydrogen) atoms. The van der Waals surface area contributed by atoms with E-state index in [9.17, 15) is 18.0 Å². The Bertz CT molecular complexity index is 1370. The fraction of sp³-hybridized carbons (Fsp3) is 0.120. The van der Waals surface area contributed by atoms with Crippen LogP contribution < -0.4 is 5.32 Å². The number of carbonyl (C=O) groups excluding carboxylic acids is 1. The predicted octanol–water partition coefficient (Wildman–Crippen LogP) is 7.90. The highest BCUT2D eigenvalue weighted by molar-refractivity contribution is 7.99. The minimum atomic E-state index is -4.51. The molecule has 180 valence electrons. The molecule has 0 saturated heterocycles. The fourth-order valence-corrected chi connectivity index (χ4v) is 4.42. The van der Waals surface area contributed by atoms with Crippen molar-refractivity contribution in [2.24, 2.45) is 0 Å². The molecule has 10 heteroatoms. The van der Waals surface area contributed by atoms with Gasteiger partial charge in [-0.25, -0.2) is 4.98 Å². The first-order valence-corrected chi connectivity index (χ1v) is 12.1. The zero-order valence-electron chi connectivity index (χ0n) is 18.2. The SMILES string of the molecule is Cc1ccc(NC(=O)CSc2ncc(-c3ccc(Cl)c(Cl)c3)n2-c2cccc(C(F)(F)F)c2)cc1. The summed E-state index contributed by atoms with van der Waals surface area (Å²) in [6.07, 6.45) is -2.98. The second-order valence-electron chi connectivity index (χ2n) is 7.64. The Morgan fingerprint density at radius 2 is 1.77 bits per heavy atom. The summed E-state index contributed by atoms with van der Waals surface area (Å²) >= 11 is 13.3. The quantitative estimate of drug-likeness (QED) is 0.255. The Kier molecular flexibility index (Phi) is 7.44. The van der Waals surface area contributed by atoms with Crippen molar-refractivity contribution in [3.63, 3.8) is 0 Å². The maximum Gasteiger partial charge on any atom is 0.416 e. The number of hydrogen-bond donors (Lipinski definition) is 1. The number of halogens is 5. The van der Waals surface area contributed by atoms with Crippen LogP contribution in [0.4, 0.5) is 18.9 Å². The van der Waals surface area contributed by atoms with E-state index in [0.717, 1.165) is 29.5 Å². The Hall–Kier alpha value is -2.94. The lowest BCUT2D eigenvalue weighted by Crippen LogP contribution is -2.14. The molecule has 1 N–H and O–H groups in total.